The number of nitrogens with two attached hydrogens (primary N) is 1. The molecule has 0 aliphatic heterocycles. The van der Waals surface area contributed by atoms with Gasteiger partial charge in [-0.05, 0) is 25.1 Å². The Labute approximate surface area is 206 Å². The summed E-state index contributed by atoms with van der Waals surface area (Å²) in [5, 5.41) is 9.58. The van der Waals surface area contributed by atoms with Gasteiger partial charge in [0.2, 0.25) is 0 Å². The number of hydrogen-bond acceptors (Lipinski definition) is 6. The molecule has 0 unspecified atom stereocenters. The lowest BCUT2D eigenvalue weighted by atomic mass is 10.1. The maximum absolute atomic E-state index is 15.1. The third-order valence-corrected chi connectivity index (χ3v) is 5.93. The minimum Gasteiger partial charge on any atom is -0.383 e. The van der Waals surface area contributed by atoms with Crippen molar-refractivity contribution in [2.45, 2.75) is 13.5 Å². The second kappa shape index (κ2) is 9.11. The topological polar surface area (TPSA) is 108 Å². The first kappa shape index (κ1) is 23.0. The monoisotopic (exact) mass is 482 g/mol. The van der Waals surface area contributed by atoms with Crippen LogP contribution in [-0.2, 0) is 20.6 Å². The Balaban J connectivity index is 1.41. The normalized spacial score (nSPS) is 11.0. The molecule has 5 rings (SSSR count). The number of hydrogen-bond donors (Lipinski definition) is 1. The largest absolute Gasteiger partial charge is 0.383 e. The molecule has 0 aliphatic carbocycles. The van der Waals surface area contributed by atoms with E-state index >= 15 is 4.39 Å². The zero-order valence-electron chi connectivity index (χ0n) is 20.0. The van der Waals surface area contributed by atoms with Crippen molar-refractivity contribution < 1.29 is 9.18 Å². The number of fused-ring (bicyclic) bond motifs is 3. The third-order valence-electron chi connectivity index (χ3n) is 5.93. The highest BCUT2D eigenvalue weighted by Gasteiger charge is 2.22. The third kappa shape index (κ3) is 4.22. The second-order valence-corrected chi connectivity index (χ2v) is 8.39. The standard InChI is InChI=1S/C26H23FN8O/c1-4-35(15-18-8-7-16(11-29-18)5-6-17-12-30-33(2)14-17)26(36)19-9-20-23(10-22(19)27)32-25(28)21-13-31-34(3)24(20)21/h7-14H,4,15H2,1-3H3,(H2,28,32). The van der Waals surface area contributed by atoms with Crippen LogP contribution < -0.4 is 5.73 Å². The van der Waals surface area contributed by atoms with E-state index in [1.54, 1.807) is 39.9 Å². The first-order valence-corrected chi connectivity index (χ1v) is 11.3. The molecule has 0 spiro atoms. The number of carbonyl (C=O) groups is 1. The minimum atomic E-state index is -0.659. The van der Waals surface area contributed by atoms with Gasteiger partial charge in [-0.1, -0.05) is 11.8 Å². The summed E-state index contributed by atoms with van der Waals surface area (Å²) >= 11 is 0. The quantitative estimate of drug-likeness (QED) is 0.395. The number of halogens is 1. The van der Waals surface area contributed by atoms with Crippen LogP contribution in [0.1, 0.15) is 34.1 Å². The van der Waals surface area contributed by atoms with Crippen molar-refractivity contribution in [1.29, 1.82) is 0 Å². The summed E-state index contributed by atoms with van der Waals surface area (Å²) in [4.78, 5) is 23.6. The highest BCUT2D eigenvalue weighted by Crippen LogP contribution is 2.29. The number of amides is 1. The van der Waals surface area contributed by atoms with Crippen LogP contribution in [0.5, 0.6) is 0 Å². The molecule has 0 atom stereocenters. The van der Waals surface area contributed by atoms with E-state index in [1.165, 1.54) is 12.1 Å². The summed E-state index contributed by atoms with van der Waals surface area (Å²) in [6, 6.07) is 6.42. The molecule has 1 aromatic carbocycles. The Hall–Kier alpha value is -4.78. The molecule has 0 radical (unpaired) electrons. The zero-order valence-corrected chi connectivity index (χ0v) is 20.0. The first-order valence-electron chi connectivity index (χ1n) is 11.3. The van der Waals surface area contributed by atoms with Gasteiger partial charge in [0.25, 0.3) is 5.91 Å². The summed E-state index contributed by atoms with van der Waals surface area (Å²) in [6.07, 6.45) is 6.78. The van der Waals surface area contributed by atoms with Crippen molar-refractivity contribution in [3.8, 4) is 11.8 Å². The predicted octanol–water partition coefficient (Wildman–Crippen LogP) is 3.03. The maximum Gasteiger partial charge on any atom is 0.257 e. The molecule has 4 aromatic heterocycles. The van der Waals surface area contributed by atoms with Gasteiger partial charge in [0.15, 0.2) is 0 Å². The van der Waals surface area contributed by atoms with Crippen LogP contribution >= 0.6 is 0 Å². The molecule has 5 aromatic rings. The van der Waals surface area contributed by atoms with Crippen molar-refractivity contribution in [2.75, 3.05) is 12.3 Å². The summed E-state index contributed by atoms with van der Waals surface area (Å²) in [5.74, 6) is 5.24. The van der Waals surface area contributed by atoms with Crippen LogP contribution in [0.4, 0.5) is 10.2 Å². The van der Waals surface area contributed by atoms with Gasteiger partial charge < -0.3 is 10.6 Å². The smallest absolute Gasteiger partial charge is 0.257 e. The molecule has 2 N–H and O–H groups in total. The number of aryl methyl sites for hydroxylation is 2. The van der Waals surface area contributed by atoms with Gasteiger partial charge in [-0.25, -0.2) is 9.37 Å². The Bertz CT molecular complexity index is 1670. The van der Waals surface area contributed by atoms with E-state index in [2.05, 4.69) is 32.0 Å². The molecule has 0 saturated carbocycles. The molecule has 180 valence electrons. The van der Waals surface area contributed by atoms with Crippen LogP contribution in [-0.4, -0.2) is 46.9 Å². The minimum absolute atomic E-state index is 0.0441. The Morgan fingerprint density at radius 3 is 2.58 bits per heavy atom. The Morgan fingerprint density at radius 2 is 1.89 bits per heavy atom. The maximum atomic E-state index is 15.1. The van der Waals surface area contributed by atoms with Gasteiger partial charge in [0.1, 0.15) is 11.6 Å². The average molecular weight is 483 g/mol. The van der Waals surface area contributed by atoms with Gasteiger partial charge in [-0.2, -0.15) is 10.2 Å². The SMILES string of the molecule is CCN(Cc1ccc(C#Cc2cnn(C)c2)cn1)C(=O)c1cc2c(cc1F)nc(N)c1cnn(C)c12. The molecule has 0 bridgehead atoms. The van der Waals surface area contributed by atoms with Crippen LogP contribution in [0.15, 0.2) is 49.1 Å². The molecule has 9 nitrogen and oxygen atoms in total. The Kier molecular flexibility index (Phi) is 5.82. The van der Waals surface area contributed by atoms with E-state index in [0.29, 0.717) is 34.0 Å². The van der Waals surface area contributed by atoms with Crippen molar-refractivity contribution in [3.63, 3.8) is 0 Å². The number of anilines is 1. The number of benzene rings is 1. The van der Waals surface area contributed by atoms with Crippen molar-refractivity contribution >= 4 is 33.5 Å². The van der Waals surface area contributed by atoms with E-state index in [4.69, 9.17) is 5.73 Å². The van der Waals surface area contributed by atoms with Crippen molar-refractivity contribution in [1.82, 2.24) is 34.4 Å². The summed E-state index contributed by atoms with van der Waals surface area (Å²) in [5.41, 5.74) is 9.25. The molecule has 10 heteroatoms. The van der Waals surface area contributed by atoms with Gasteiger partial charge >= 0.3 is 0 Å². The van der Waals surface area contributed by atoms with E-state index in [1.807, 2.05) is 32.3 Å². The average Bonchev–Trinajstić information content (AvgIpc) is 3.47. The first-order chi connectivity index (χ1) is 17.3. The van der Waals surface area contributed by atoms with Gasteiger partial charge in [0.05, 0.1) is 52.2 Å². The fourth-order valence-electron chi connectivity index (χ4n) is 4.06. The molecular formula is C26H23FN8O. The number of pyridine rings is 2. The van der Waals surface area contributed by atoms with Crippen LogP contribution in [0.3, 0.4) is 0 Å². The van der Waals surface area contributed by atoms with Crippen LogP contribution in [0, 0.1) is 17.7 Å². The van der Waals surface area contributed by atoms with Crippen molar-refractivity contribution in [3.05, 3.63) is 77.3 Å². The fraction of sp³-hybridized carbons (Fsp3) is 0.192. The molecule has 36 heavy (non-hydrogen) atoms. The van der Waals surface area contributed by atoms with E-state index in [9.17, 15) is 4.79 Å². The number of nitrogens with zero attached hydrogens (tertiary/aromatic N) is 7. The van der Waals surface area contributed by atoms with Gasteiger partial charge in [0, 0.05) is 50.0 Å². The number of nitrogen functional groups attached to an aromatic ring is 1. The molecule has 4 heterocycles. The summed E-state index contributed by atoms with van der Waals surface area (Å²) < 4.78 is 18.4. The molecule has 0 fully saturated rings. The number of aromatic nitrogens is 6. The van der Waals surface area contributed by atoms with Gasteiger partial charge in [-0.15, -0.1) is 0 Å². The molecule has 1 amide bonds. The van der Waals surface area contributed by atoms with Crippen LogP contribution in [0.2, 0.25) is 0 Å². The zero-order chi connectivity index (χ0) is 25.4. The lowest BCUT2D eigenvalue weighted by Gasteiger charge is -2.21. The molecule has 0 aliphatic rings. The lowest BCUT2D eigenvalue weighted by molar-refractivity contribution is 0.0746. The van der Waals surface area contributed by atoms with Gasteiger partial charge in [-0.3, -0.25) is 19.1 Å². The van der Waals surface area contributed by atoms with E-state index in [0.717, 1.165) is 11.1 Å². The summed E-state index contributed by atoms with van der Waals surface area (Å²) in [7, 11) is 3.60. The lowest BCUT2D eigenvalue weighted by Crippen LogP contribution is -2.31. The summed E-state index contributed by atoms with van der Waals surface area (Å²) in [6.45, 7) is 2.44. The molecular weight excluding hydrogens is 459 g/mol. The number of carbonyl (C=O) groups excluding carboxylic acids is 1. The fourth-order valence-corrected chi connectivity index (χ4v) is 4.06. The van der Waals surface area contributed by atoms with Crippen molar-refractivity contribution in [2.24, 2.45) is 14.1 Å². The number of rotatable bonds is 4. The highest BCUT2D eigenvalue weighted by atomic mass is 19.1. The Morgan fingerprint density at radius 1 is 1.08 bits per heavy atom. The van der Waals surface area contributed by atoms with E-state index in [-0.39, 0.29) is 17.9 Å². The molecule has 0 saturated heterocycles. The predicted molar refractivity (Wildman–Crippen MR) is 134 cm³/mol. The van der Waals surface area contributed by atoms with E-state index < -0.39 is 11.7 Å². The second-order valence-electron chi connectivity index (χ2n) is 8.39. The van der Waals surface area contributed by atoms with Crippen LogP contribution in [0.25, 0.3) is 21.8 Å². The highest BCUT2D eigenvalue weighted by molar-refractivity contribution is 6.10.